The predicted molar refractivity (Wildman–Crippen MR) is 71.8 cm³/mol. The maximum absolute atomic E-state index is 12.0. The Morgan fingerprint density at radius 2 is 2.33 bits per heavy atom. The van der Waals surface area contributed by atoms with E-state index < -0.39 is 15.2 Å². The summed E-state index contributed by atoms with van der Waals surface area (Å²) in [5.41, 5.74) is 0. The number of alkyl halides is 1. The standard InChI is InChI=1S/C9H14ClN3O3S2/c1-2-18(14,15)8-6-17-4-3-13(8)9-12-11-7(5-10)16-9/h8H,2-6H2,1H3. The van der Waals surface area contributed by atoms with Crippen molar-refractivity contribution in [2.75, 3.05) is 28.7 Å². The number of aromatic nitrogens is 2. The highest BCUT2D eigenvalue weighted by molar-refractivity contribution is 8.01. The first-order chi connectivity index (χ1) is 8.58. The zero-order valence-corrected chi connectivity index (χ0v) is 12.3. The van der Waals surface area contributed by atoms with Crippen molar-refractivity contribution in [3.05, 3.63) is 5.89 Å². The van der Waals surface area contributed by atoms with Crippen LogP contribution in [0, 0.1) is 0 Å². The highest BCUT2D eigenvalue weighted by Gasteiger charge is 2.35. The van der Waals surface area contributed by atoms with Crippen molar-refractivity contribution in [3.63, 3.8) is 0 Å². The van der Waals surface area contributed by atoms with E-state index in [-0.39, 0.29) is 17.6 Å². The van der Waals surface area contributed by atoms with Crippen LogP contribution in [0.3, 0.4) is 0 Å². The van der Waals surface area contributed by atoms with Gasteiger partial charge in [0, 0.05) is 23.8 Å². The van der Waals surface area contributed by atoms with Gasteiger partial charge < -0.3 is 9.32 Å². The third-order valence-corrected chi connectivity index (χ3v) is 6.23. The second-order valence-electron chi connectivity index (χ2n) is 3.79. The minimum Gasteiger partial charge on any atom is -0.407 e. The molecule has 1 fully saturated rings. The Kier molecular flexibility index (Phi) is 4.39. The first-order valence-electron chi connectivity index (χ1n) is 5.52. The molecule has 102 valence electrons. The normalized spacial score (nSPS) is 21.2. The van der Waals surface area contributed by atoms with Crippen molar-refractivity contribution in [3.8, 4) is 0 Å². The largest absolute Gasteiger partial charge is 0.407 e. The molecular formula is C9H14ClN3O3S2. The monoisotopic (exact) mass is 311 g/mol. The van der Waals surface area contributed by atoms with E-state index in [1.807, 2.05) is 0 Å². The van der Waals surface area contributed by atoms with Crippen LogP contribution in [0.2, 0.25) is 0 Å². The lowest BCUT2D eigenvalue weighted by molar-refractivity contribution is 0.493. The summed E-state index contributed by atoms with van der Waals surface area (Å²) in [5.74, 6) is 1.90. The van der Waals surface area contributed by atoms with E-state index in [2.05, 4.69) is 10.2 Å². The molecule has 1 unspecified atom stereocenters. The van der Waals surface area contributed by atoms with E-state index in [1.165, 1.54) is 0 Å². The van der Waals surface area contributed by atoms with Crippen LogP contribution in [0.15, 0.2) is 4.42 Å². The molecule has 0 N–H and O–H groups in total. The fraction of sp³-hybridized carbons (Fsp3) is 0.778. The Labute approximate surface area is 115 Å². The van der Waals surface area contributed by atoms with Gasteiger partial charge in [-0.05, 0) is 0 Å². The third-order valence-electron chi connectivity index (χ3n) is 2.72. The second-order valence-corrected chi connectivity index (χ2v) is 7.65. The molecule has 9 heteroatoms. The van der Waals surface area contributed by atoms with Crippen LogP contribution in [-0.4, -0.2) is 47.8 Å². The maximum Gasteiger partial charge on any atom is 0.319 e. The summed E-state index contributed by atoms with van der Waals surface area (Å²) >= 11 is 7.22. The van der Waals surface area contributed by atoms with Gasteiger partial charge in [-0.15, -0.1) is 16.7 Å². The first kappa shape index (κ1) is 14.0. The van der Waals surface area contributed by atoms with Gasteiger partial charge in [0.15, 0.2) is 9.84 Å². The number of halogens is 1. The number of nitrogens with zero attached hydrogens (tertiary/aromatic N) is 3. The number of sulfone groups is 1. The lowest BCUT2D eigenvalue weighted by atomic mass is 10.5. The number of hydrogen-bond acceptors (Lipinski definition) is 7. The van der Waals surface area contributed by atoms with Gasteiger partial charge in [0.2, 0.25) is 5.89 Å². The smallest absolute Gasteiger partial charge is 0.319 e. The van der Waals surface area contributed by atoms with Gasteiger partial charge in [0.05, 0.1) is 0 Å². The molecule has 0 aromatic carbocycles. The van der Waals surface area contributed by atoms with Crippen molar-refractivity contribution in [1.29, 1.82) is 0 Å². The van der Waals surface area contributed by atoms with Gasteiger partial charge in [-0.3, -0.25) is 0 Å². The summed E-state index contributed by atoms with van der Waals surface area (Å²) in [6.45, 7) is 2.23. The zero-order chi connectivity index (χ0) is 13.2. The first-order valence-corrected chi connectivity index (χ1v) is 8.93. The van der Waals surface area contributed by atoms with Crippen LogP contribution in [0.1, 0.15) is 12.8 Å². The number of thioether (sulfide) groups is 1. The molecule has 0 spiro atoms. The predicted octanol–water partition coefficient (Wildman–Crippen LogP) is 1.12. The Morgan fingerprint density at radius 1 is 1.56 bits per heavy atom. The molecule has 1 atom stereocenters. The molecule has 0 saturated carbocycles. The van der Waals surface area contributed by atoms with E-state index in [9.17, 15) is 8.42 Å². The summed E-state index contributed by atoms with van der Waals surface area (Å²) in [5, 5.41) is 7.03. The number of rotatable bonds is 4. The molecule has 0 amide bonds. The molecular weight excluding hydrogens is 298 g/mol. The highest BCUT2D eigenvalue weighted by Crippen LogP contribution is 2.26. The summed E-state index contributed by atoms with van der Waals surface area (Å²) in [7, 11) is -3.17. The van der Waals surface area contributed by atoms with Crippen LogP contribution in [0.25, 0.3) is 0 Å². The molecule has 1 aliphatic heterocycles. The summed E-state index contributed by atoms with van der Waals surface area (Å²) < 4.78 is 29.4. The van der Waals surface area contributed by atoms with E-state index in [0.29, 0.717) is 18.2 Å². The maximum atomic E-state index is 12.0. The van der Waals surface area contributed by atoms with Gasteiger partial charge in [0.25, 0.3) is 0 Å². The van der Waals surface area contributed by atoms with E-state index in [0.717, 1.165) is 5.75 Å². The average molecular weight is 312 g/mol. The lowest BCUT2D eigenvalue weighted by Gasteiger charge is -2.32. The van der Waals surface area contributed by atoms with E-state index in [1.54, 1.807) is 23.6 Å². The molecule has 2 rings (SSSR count). The zero-order valence-electron chi connectivity index (χ0n) is 9.87. The van der Waals surface area contributed by atoms with Crippen molar-refractivity contribution in [1.82, 2.24) is 10.2 Å². The Bertz CT molecular complexity index is 505. The molecule has 1 saturated heterocycles. The molecule has 1 aromatic heterocycles. The van der Waals surface area contributed by atoms with Crippen LogP contribution in [0.4, 0.5) is 6.01 Å². The minimum atomic E-state index is -3.17. The lowest BCUT2D eigenvalue weighted by Crippen LogP contribution is -2.48. The van der Waals surface area contributed by atoms with Crippen LogP contribution < -0.4 is 4.90 Å². The van der Waals surface area contributed by atoms with Crippen molar-refractivity contribution < 1.29 is 12.8 Å². The molecule has 6 nitrogen and oxygen atoms in total. The highest BCUT2D eigenvalue weighted by atomic mass is 35.5. The topological polar surface area (TPSA) is 76.3 Å². The second kappa shape index (κ2) is 5.66. The van der Waals surface area contributed by atoms with Gasteiger partial charge in [-0.2, -0.15) is 11.8 Å². The number of anilines is 1. The number of hydrogen-bond donors (Lipinski definition) is 0. The van der Waals surface area contributed by atoms with Crippen LogP contribution in [0.5, 0.6) is 0 Å². The average Bonchev–Trinajstić information content (AvgIpc) is 2.87. The molecule has 1 aliphatic rings. The summed E-state index contributed by atoms with van der Waals surface area (Å²) in [6, 6.07) is 0.243. The van der Waals surface area contributed by atoms with Crippen molar-refractivity contribution in [2.24, 2.45) is 0 Å². The molecule has 2 heterocycles. The molecule has 1 aromatic rings. The van der Waals surface area contributed by atoms with Gasteiger partial charge in [-0.25, -0.2) is 8.42 Å². The van der Waals surface area contributed by atoms with E-state index >= 15 is 0 Å². The van der Waals surface area contributed by atoms with Crippen molar-refractivity contribution >= 4 is 39.2 Å². The third kappa shape index (κ3) is 2.75. The molecule has 0 aliphatic carbocycles. The summed E-state index contributed by atoms with van der Waals surface area (Å²) in [6.07, 6.45) is 0. The molecule has 0 radical (unpaired) electrons. The SMILES string of the molecule is CCS(=O)(=O)C1CSCCN1c1nnc(CCl)o1. The van der Waals surface area contributed by atoms with Crippen molar-refractivity contribution in [2.45, 2.75) is 18.2 Å². The van der Waals surface area contributed by atoms with Gasteiger partial charge in [0.1, 0.15) is 11.3 Å². The Hall–Kier alpha value is -0.470. The molecule has 18 heavy (non-hydrogen) atoms. The summed E-state index contributed by atoms with van der Waals surface area (Å²) in [4.78, 5) is 1.67. The quantitative estimate of drug-likeness (QED) is 0.771. The van der Waals surface area contributed by atoms with Crippen LogP contribution in [-0.2, 0) is 15.7 Å². The Balaban J connectivity index is 2.28. The van der Waals surface area contributed by atoms with Gasteiger partial charge in [-0.1, -0.05) is 12.0 Å². The fourth-order valence-electron chi connectivity index (χ4n) is 1.70. The van der Waals surface area contributed by atoms with Gasteiger partial charge >= 0.3 is 6.01 Å². The fourth-order valence-corrected chi connectivity index (χ4v) is 4.77. The minimum absolute atomic E-state index is 0.102. The molecule has 0 bridgehead atoms. The Morgan fingerprint density at radius 3 is 2.94 bits per heavy atom. The van der Waals surface area contributed by atoms with E-state index in [4.69, 9.17) is 16.0 Å². The van der Waals surface area contributed by atoms with Crippen LogP contribution >= 0.6 is 23.4 Å².